The molecule has 3 aromatic rings. The quantitative estimate of drug-likeness (QED) is 0.466. The average molecular weight is 384 g/mol. The fourth-order valence-corrected chi connectivity index (χ4v) is 4.88. The van der Waals surface area contributed by atoms with Crippen LogP contribution in [0.3, 0.4) is 0 Å². The maximum Gasteiger partial charge on any atom is 0.242 e. The molecule has 0 fully saturated rings. The number of rotatable bonds is 4. The first-order chi connectivity index (χ1) is 13.5. The van der Waals surface area contributed by atoms with Crippen LogP contribution in [0.1, 0.15) is 33.4 Å². The minimum absolute atomic E-state index is 0.248. The minimum Gasteiger partial charge on any atom is -0.298 e. The van der Waals surface area contributed by atoms with Gasteiger partial charge in [-0.2, -0.15) is 0 Å². The van der Waals surface area contributed by atoms with Gasteiger partial charge in [-0.1, -0.05) is 86.2 Å². The van der Waals surface area contributed by atoms with Gasteiger partial charge in [-0.15, -0.1) is 0 Å². The van der Waals surface area contributed by atoms with Crippen molar-refractivity contribution in [3.8, 4) is 0 Å². The predicted molar refractivity (Wildman–Crippen MR) is 132 cm³/mol. The summed E-state index contributed by atoms with van der Waals surface area (Å²) in [5.74, 6) is 0. The van der Waals surface area contributed by atoms with E-state index in [1.54, 1.807) is 0 Å². The Hall–Kier alpha value is -2.32. The summed E-state index contributed by atoms with van der Waals surface area (Å²) in [5, 5.41) is 0. The van der Waals surface area contributed by atoms with Crippen LogP contribution in [0.5, 0.6) is 0 Å². The van der Waals surface area contributed by atoms with Crippen molar-refractivity contribution in [2.24, 2.45) is 0 Å². The Morgan fingerprint density at radius 3 is 1.21 bits per heavy atom. The monoisotopic (exact) mass is 384 g/mol. The molecular weight excluding hydrogens is 349 g/mol. The molecule has 29 heavy (non-hydrogen) atoms. The van der Waals surface area contributed by atoms with Gasteiger partial charge in [0.05, 0.1) is 21.1 Å². The van der Waals surface area contributed by atoms with E-state index in [0.717, 1.165) is 4.48 Å². The topological polar surface area (TPSA) is 0 Å². The van der Waals surface area contributed by atoms with E-state index in [-0.39, 0.29) is 6.71 Å². The van der Waals surface area contributed by atoms with Gasteiger partial charge in [0.1, 0.15) is 5.69 Å². The van der Waals surface area contributed by atoms with Gasteiger partial charge in [-0.05, 0) is 53.7 Å². The SMILES string of the molecule is Cc1cc(C)c(B(c2ccc([N+](C)(C)C)cc2)c2c(C)cc(C)cc2C)c(C)c1. The molecule has 0 radical (unpaired) electrons. The van der Waals surface area contributed by atoms with Crippen LogP contribution >= 0.6 is 0 Å². The van der Waals surface area contributed by atoms with Crippen molar-refractivity contribution < 1.29 is 0 Å². The van der Waals surface area contributed by atoms with Crippen molar-refractivity contribution in [3.63, 3.8) is 0 Å². The van der Waals surface area contributed by atoms with E-state index < -0.39 is 0 Å². The van der Waals surface area contributed by atoms with Crippen LogP contribution in [0.15, 0.2) is 48.5 Å². The summed E-state index contributed by atoms with van der Waals surface area (Å²) in [4.78, 5) is 0. The van der Waals surface area contributed by atoms with Crippen molar-refractivity contribution in [2.45, 2.75) is 41.5 Å². The van der Waals surface area contributed by atoms with Crippen LogP contribution in [0, 0.1) is 41.5 Å². The Morgan fingerprint density at radius 2 is 0.897 bits per heavy atom. The Balaban J connectivity index is 2.30. The molecule has 0 aliphatic carbocycles. The third-order valence-electron chi connectivity index (χ3n) is 6.05. The van der Waals surface area contributed by atoms with Gasteiger partial charge in [-0.3, -0.25) is 4.48 Å². The van der Waals surface area contributed by atoms with Gasteiger partial charge in [0.2, 0.25) is 6.71 Å². The van der Waals surface area contributed by atoms with Crippen LogP contribution in [-0.2, 0) is 0 Å². The minimum atomic E-state index is 0.248. The van der Waals surface area contributed by atoms with E-state index in [1.165, 1.54) is 55.5 Å². The second-order valence-electron chi connectivity index (χ2n) is 9.66. The number of hydrogen-bond donors (Lipinski definition) is 0. The molecule has 0 aromatic heterocycles. The summed E-state index contributed by atoms with van der Waals surface area (Å²) in [7, 11) is 6.65. The van der Waals surface area contributed by atoms with Crippen LogP contribution in [-0.4, -0.2) is 27.9 Å². The molecule has 0 unspecified atom stereocenters. The molecular formula is C27H35BN+. The van der Waals surface area contributed by atoms with Crippen molar-refractivity contribution in [2.75, 3.05) is 21.1 Å². The summed E-state index contributed by atoms with van der Waals surface area (Å²) in [6, 6.07) is 18.6. The van der Waals surface area contributed by atoms with E-state index in [0.29, 0.717) is 0 Å². The first kappa shape index (κ1) is 21.4. The lowest BCUT2D eigenvalue weighted by molar-refractivity contribution is 0.486. The van der Waals surface area contributed by atoms with Crippen LogP contribution in [0.25, 0.3) is 0 Å². The fraction of sp³-hybridized carbons (Fsp3) is 0.333. The first-order valence-corrected chi connectivity index (χ1v) is 10.6. The lowest BCUT2D eigenvalue weighted by Crippen LogP contribution is -2.55. The summed E-state index contributed by atoms with van der Waals surface area (Å²) < 4.78 is 0.829. The smallest absolute Gasteiger partial charge is 0.242 e. The van der Waals surface area contributed by atoms with Crippen molar-refractivity contribution in [1.82, 2.24) is 4.48 Å². The van der Waals surface area contributed by atoms with Crippen LogP contribution < -0.4 is 20.9 Å². The van der Waals surface area contributed by atoms with E-state index in [4.69, 9.17) is 0 Å². The molecule has 0 bridgehead atoms. The number of benzene rings is 3. The number of quaternary nitrogens is 1. The highest BCUT2D eigenvalue weighted by molar-refractivity contribution is 6.96. The first-order valence-electron chi connectivity index (χ1n) is 10.6. The summed E-state index contributed by atoms with van der Waals surface area (Å²) in [5.41, 5.74) is 13.8. The van der Waals surface area contributed by atoms with Gasteiger partial charge < -0.3 is 0 Å². The predicted octanol–water partition coefficient (Wildman–Crippen LogP) is 4.25. The van der Waals surface area contributed by atoms with Crippen LogP contribution in [0.4, 0.5) is 5.69 Å². The Bertz CT molecular complexity index is 936. The van der Waals surface area contributed by atoms with Crippen LogP contribution in [0.2, 0.25) is 0 Å². The summed E-state index contributed by atoms with van der Waals surface area (Å²) >= 11 is 0. The molecule has 150 valence electrons. The number of nitrogens with zero attached hydrogens (tertiary/aromatic N) is 1. The molecule has 0 aliphatic heterocycles. The molecule has 1 nitrogen and oxygen atoms in total. The Morgan fingerprint density at radius 1 is 0.552 bits per heavy atom. The molecule has 3 rings (SSSR count). The molecule has 3 aromatic carbocycles. The Labute approximate surface area is 178 Å². The molecule has 2 heteroatoms. The highest BCUT2D eigenvalue weighted by atomic mass is 15.3. The molecule has 0 atom stereocenters. The zero-order valence-electron chi connectivity index (χ0n) is 19.6. The van der Waals surface area contributed by atoms with Crippen molar-refractivity contribution in [1.29, 1.82) is 0 Å². The zero-order valence-corrected chi connectivity index (χ0v) is 19.6. The zero-order chi connectivity index (χ0) is 21.5. The summed E-state index contributed by atoms with van der Waals surface area (Å²) in [6.07, 6.45) is 0. The van der Waals surface area contributed by atoms with Crippen molar-refractivity contribution in [3.05, 3.63) is 81.9 Å². The molecule has 0 spiro atoms. The van der Waals surface area contributed by atoms with Gasteiger partial charge in [0.25, 0.3) is 0 Å². The highest BCUT2D eigenvalue weighted by Crippen LogP contribution is 2.17. The van der Waals surface area contributed by atoms with E-state index in [9.17, 15) is 0 Å². The third-order valence-corrected chi connectivity index (χ3v) is 6.05. The lowest BCUT2D eigenvalue weighted by Gasteiger charge is -2.26. The molecule has 0 amide bonds. The Kier molecular flexibility index (Phi) is 5.78. The standard InChI is InChI=1S/C27H35BN/c1-18-14-20(3)26(21(4)15-18)28(27-22(5)16-19(2)17-23(27)6)24-10-12-25(13-11-24)29(7,8)9/h10-17H,1-9H3/q+1. The van der Waals surface area contributed by atoms with E-state index in [1.807, 2.05) is 0 Å². The van der Waals surface area contributed by atoms with Gasteiger partial charge >= 0.3 is 0 Å². The van der Waals surface area contributed by atoms with Gasteiger partial charge in [0, 0.05) is 0 Å². The largest absolute Gasteiger partial charge is 0.298 e. The molecule has 0 N–H and O–H groups in total. The molecule has 0 saturated carbocycles. The van der Waals surface area contributed by atoms with E-state index >= 15 is 0 Å². The molecule has 0 heterocycles. The maximum absolute atomic E-state index is 2.33. The number of hydrogen-bond acceptors (Lipinski definition) is 0. The molecule has 0 aliphatic rings. The second kappa shape index (κ2) is 7.84. The maximum atomic E-state index is 2.33. The average Bonchev–Trinajstić information content (AvgIpc) is 2.58. The lowest BCUT2D eigenvalue weighted by atomic mass is 9.34. The highest BCUT2D eigenvalue weighted by Gasteiger charge is 2.28. The van der Waals surface area contributed by atoms with E-state index in [2.05, 4.69) is 111 Å². The van der Waals surface area contributed by atoms with Crippen molar-refractivity contribution >= 4 is 28.8 Å². The summed E-state index contributed by atoms with van der Waals surface area (Å²) in [6.45, 7) is 13.7. The second-order valence-corrected chi connectivity index (χ2v) is 9.66. The molecule has 0 saturated heterocycles. The third kappa shape index (κ3) is 4.33. The van der Waals surface area contributed by atoms with Gasteiger partial charge in [0.15, 0.2) is 0 Å². The normalized spacial score (nSPS) is 11.6. The fourth-order valence-electron chi connectivity index (χ4n) is 4.88. The van der Waals surface area contributed by atoms with Gasteiger partial charge in [-0.25, -0.2) is 0 Å². The number of aryl methyl sites for hydroxylation is 6.